The van der Waals surface area contributed by atoms with Crippen LogP contribution < -0.4 is 5.32 Å². The van der Waals surface area contributed by atoms with Gasteiger partial charge in [-0.2, -0.15) is 0 Å². The van der Waals surface area contributed by atoms with Gasteiger partial charge in [0.15, 0.2) is 0 Å². The summed E-state index contributed by atoms with van der Waals surface area (Å²) in [7, 11) is 1.33. The average Bonchev–Trinajstić information content (AvgIpc) is 2.59. The Morgan fingerprint density at radius 3 is 3.00 bits per heavy atom. The quantitative estimate of drug-likeness (QED) is 0.549. The zero-order chi connectivity index (χ0) is 11.3. The van der Waals surface area contributed by atoms with Gasteiger partial charge in [-0.05, 0) is 13.0 Å². The standard InChI is InChI=1S/C10H15NO4/c1-7-9(10(13)14-2)5-8(15-7)6-11-3-4-12/h5,11-12H,3-4,6H2,1-2H3. The monoisotopic (exact) mass is 213 g/mol. The summed E-state index contributed by atoms with van der Waals surface area (Å²) in [5.41, 5.74) is 0.443. The third kappa shape index (κ3) is 3.07. The van der Waals surface area contributed by atoms with Crippen LogP contribution in [-0.4, -0.2) is 31.3 Å². The van der Waals surface area contributed by atoms with Gasteiger partial charge in [0.25, 0.3) is 0 Å². The van der Waals surface area contributed by atoms with Crippen molar-refractivity contribution in [3.63, 3.8) is 0 Å². The minimum atomic E-state index is -0.398. The molecular weight excluding hydrogens is 198 g/mol. The molecule has 0 aliphatic heterocycles. The molecule has 0 spiro atoms. The van der Waals surface area contributed by atoms with E-state index in [4.69, 9.17) is 9.52 Å². The fraction of sp³-hybridized carbons (Fsp3) is 0.500. The highest BCUT2D eigenvalue weighted by Gasteiger charge is 2.14. The van der Waals surface area contributed by atoms with E-state index in [0.717, 1.165) is 0 Å². The van der Waals surface area contributed by atoms with Crippen LogP contribution in [0.2, 0.25) is 0 Å². The highest BCUT2D eigenvalue weighted by Crippen LogP contribution is 2.15. The highest BCUT2D eigenvalue weighted by molar-refractivity contribution is 5.90. The molecule has 15 heavy (non-hydrogen) atoms. The summed E-state index contributed by atoms with van der Waals surface area (Å²) in [6, 6.07) is 1.64. The lowest BCUT2D eigenvalue weighted by Gasteiger charge is -1.97. The SMILES string of the molecule is COC(=O)c1cc(CNCCO)oc1C. The number of aliphatic hydroxyl groups is 1. The van der Waals surface area contributed by atoms with Crippen LogP contribution >= 0.6 is 0 Å². The number of rotatable bonds is 5. The predicted octanol–water partition coefficient (Wildman–Crippen LogP) is 0.457. The molecule has 0 radical (unpaired) electrons. The molecule has 0 aliphatic rings. The number of nitrogens with one attached hydrogen (secondary N) is 1. The van der Waals surface area contributed by atoms with E-state index in [9.17, 15) is 4.79 Å². The first-order valence-corrected chi connectivity index (χ1v) is 4.68. The first-order valence-electron chi connectivity index (χ1n) is 4.68. The smallest absolute Gasteiger partial charge is 0.341 e. The third-order valence-electron chi connectivity index (χ3n) is 1.96. The number of esters is 1. The molecule has 1 heterocycles. The Kier molecular flexibility index (Phi) is 4.33. The van der Waals surface area contributed by atoms with E-state index in [1.807, 2.05) is 0 Å². The molecule has 0 bridgehead atoms. The summed E-state index contributed by atoms with van der Waals surface area (Å²) in [6.45, 7) is 2.76. The van der Waals surface area contributed by atoms with Crippen LogP contribution in [0.15, 0.2) is 10.5 Å². The summed E-state index contributed by atoms with van der Waals surface area (Å²) in [5.74, 6) is 0.800. The zero-order valence-electron chi connectivity index (χ0n) is 8.87. The second-order valence-electron chi connectivity index (χ2n) is 3.07. The van der Waals surface area contributed by atoms with Crippen LogP contribution in [0.5, 0.6) is 0 Å². The summed E-state index contributed by atoms with van der Waals surface area (Å²) in [6.07, 6.45) is 0. The number of aliphatic hydroxyl groups excluding tert-OH is 1. The summed E-state index contributed by atoms with van der Waals surface area (Å²) in [5, 5.41) is 11.5. The fourth-order valence-electron chi connectivity index (χ4n) is 1.23. The molecule has 0 aliphatic carbocycles. The zero-order valence-corrected chi connectivity index (χ0v) is 8.87. The van der Waals surface area contributed by atoms with Gasteiger partial charge in [-0.3, -0.25) is 0 Å². The van der Waals surface area contributed by atoms with Gasteiger partial charge in [0.1, 0.15) is 17.1 Å². The van der Waals surface area contributed by atoms with Gasteiger partial charge in [0.05, 0.1) is 20.3 Å². The van der Waals surface area contributed by atoms with Crippen molar-refractivity contribution in [3.8, 4) is 0 Å². The summed E-state index contributed by atoms with van der Waals surface area (Å²) >= 11 is 0. The van der Waals surface area contributed by atoms with Crippen LogP contribution in [-0.2, 0) is 11.3 Å². The van der Waals surface area contributed by atoms with E-state index in [1.165, 1.54) is 7.11 Å². The molecule has 5 heteroatoms. The minimum absolute atomic E-state index is 0.0730. The Labute approximate surface area is 88.0 Å². The van der Waals surface area contributed by atoms with E-state index in [1.54, 1.807) is 13.0 Å². The largest absolute Gasteiger partial charge is 0.465 e. The number of hydrogen-bond acceptors (Lipinski definition) is 5. The van der Waals surface area contributed by atoms with E-state index in [0.29, 0.717) is 30.2 Å². The number of furan rings is 1. The second kappa shape index (κ2) is 5.53. The summed E-state index contributed by atoms with van der Waals surface area (Å²) < 4.78 is 9.94. The molecule has 2 N–H and O–H groups in total. The van der Waals surface area contributed by atoms with Gasteiger partial charge in [0.2, 0.25) is 0 Å². The van der Waals surface area contributed by atoms with Crippen molar-refractivity contribution in [2.45, 2.75) is 13.5 Å². The Morgan fingerprint density at radius 2 is 2.40 bits per heavy atom. The maximum atomic E-state index is 11.2. The van der Waals surface area contributed by atoms with Crippen molar-refractivity contribution in [2.75, 3.05) is 20.3 Å². The van der Waals surface area contributed by atoms with Crippen LogP contribution in [0.25, 0.3) is 0 Å². The van der Waals surface area contributed by atoms with Gasteiger partial charge in [-0.1, -0.05) is 0 Å². The van der Waals surface area contributed by atoms with Gasteiger partial charge in [-0.15, -0.1) is 0 Å². The Balaban J connectivity index is 2.64. The van der Waals surface area contributed by atoms with Crippen LogP contribution in [0, 0.1) is 6.92 Å². The van der Waals surface area contributed by atoms with Crippen molar-refractivity contribution in [1.82, 2.24) is 5.32 Å². The topological polar surface area (TPSA) is 71.7 Å². The fourth-order valence-corrected chi connectivity index (χ4v) is 1.23. The number of methoxy groups -OCH3 is 1. The molecule has 0 atom stereocenters. The number of carbonyl (C=O) groups is 1. The van der Waals surface area contributed by atoms with E-state index in [2.05, 4.69) is 10.1 Å². The molecule has 1 rings (SSSR count). The number of carbonyl (C=O) groups excluding carboxylic acids is 1. The second-order valence-corrected chi connectivity index (χ2v) is 3.07. The van der Waals surface area contributed by atoms with Crippen LogP contribution in [0.1, 0.15) is 21.9 Å². The molecule has 0 unspecified atom stereocenters. The normalized spacial score (nSPS) is 10.3. The van der Waals surface area contributed by atoms with E-state index in [-0.39, 0.29) is 6.61 Å². The highest BCUT2D eigenvalue weighted by atomic mass is 16.5. The first kappa shape index (κ1) is 11.7. The molecule has 1 aromatic rings. The minimum Gasteiger partial charge on any atom is -0.465 e. The van der Waals surface area contributed by atoms with Crippen molar-refractivity contribution < 1.29 is 19.1 Å². The maximum absolute atomic E-state index is 11.2. The summed E-state index contributed by atoms with van der Waals surface area (Å²) in [4.78, 5) is 11.2. The van der Waals surface area contributed by atoms with Gasteiger partial charge in [0, 0.05) is 6.54 Å². The molecule has 1 aromatic heterocycles. The third-order valence-corrected chi connectivity index (χ3v) is 1.96. The molecule has 0 fully saturated rings. The molecular formula is C10H15NO4. The maximum Gasteiger partial charge on any atom is 0.341 e. The molecule has 0 amide bonds. The Bertz CT molecular complexity index is 332. The van der Waals surface area contributed by atoms with Gasteiger partial charge < -0.3 is 19.6 Å². The Morgan fingerprint density at radius 1 is 1.67 bits per heavy atom. The van der Waals surface area contributed by atoms with Crippen molar-refractivity contribution >= 4 is 5.97 Å². The lowest BCUT2D eigenvalue weighted by Crippen LogP contribution is -2.16. The molecule has 0 aromatic carbocycles. The number of ether oxygens (including phenoxy) is 1. The molecule has 5 nitrogen and oxygen atoms in total. The van der Waals surface area contributed by atoms with Crippen molar-refractivity contribution in [1.29, 1.82) is 0 Å². The molecule has 0 saturated heterocycles. The predicted molar refractivity (Wildman–Crippen MR) is 53.6 cm³/mol. The van der Waals surface area contributed by atoms with Gasteiger partial charge in [-0.25, -0.2) is 4.79 Å². The molecule has 84 valence electrons. The van der Waals surface area contributed by atoms with Crippen LogP contribution in [0.3, 0.4) is 0 Å². The van der Waals surface area contributed by atoms with Crippen LogP contribution in [0.4, 0.5) is 0 Å². The lowest BCUT2D eigenvalue weighted by molar-refractivity contribution is 0.0599. The van der Waals surface area contributed by atoms with Crippen molar-refractivity contribution in [2.24, 2.45) is 0 Å². The van der Waals surface area contributed by atoms with E-state index < -0.39 is 5.97 Å². The van der Waals surface area contributed by atoms with Gasteiger partial charge >= 0.3 is 5.97 Å². The number of aryl methyl sites for hydroxylation is 1. The average molecular weight is 213 g/mol. The first-order chi connectivity index (χ1) is 7.19. The van der Waals surface area contributed by atoms with Crippen molar-refractivity contribution in [3.05, 3.63) is 23.2 Å². The lowest BCUT2D eigenvalue weighted by atomic mass is 10.2. The van der Waals surface area contributed by atoms with E-state index >= 15 is 0 Å². The molecule has 0 saturated carbocycles. The number of hydrogen-bond donors (Lipinski definition) is 2. The Hall–Kier alpha value is -1.33.